The Kier molecular flexibility index (Phi) is 2.06. The van der Waals surface area contributed by atoms with Gasteiger partial charge in [0, 0.05) is 5.56 Å². The van der Waals surface area contributed by atoms with Gasteiger partial charge in [-0.2, -0.15) is 0 Å². The number of hydrogen-bond donors (Lipinski definition) is 0. The van der Waals surface area contributed by atoms with E-state index < -0.39 is 0 Å². The average molecular weight is 248 g/mol. The summed E-state index contributed by atoms with van der Waals surface area (Å²) in [4.78, 5) is 0. The van der Waals surface area contributed by atoms with Crippen LogP contribution in [0.3, 0.4) is 0 Å². The summed E-state index contributed by atoms with van der Waals surface area (Å²) in [7, 11) is 0. The molecular formula is C17H12O2. The van der Waals surface area contributed by atoms with Gasteiger partial charge in [-0.15, -0.1) is 0 Å². The van der Waals surface area contributed by atoms with E-state index in [1.54, 1.807) is 6.26 Å². The van der Waals surface area contributed by atoms with E-state index in [0.717, 1.165) is 22.8 Å². The molecule has 0 saturated heterocycles. The SMILES string of the molecule is C=C1Oc2ccc3ccccc3c2C1c1ccco1. The molecule has 2 heteroatoms. The highest BCUT2D eigenvalue weighted by molar-refractivity contribution is 5.90. The smallest absolute Gasteiger partial charge is 0.131 e. The van der Waals surface area contributed by atoms with Gasteiger partial charge in [0.1, 0.15) is 23.2 Å². The zero-order valence-electron chi connectivity index (χ0n) is 10.3. The summed E-state index contributed by atoms with van der Waals surface area (Å²) < 4.78 is 11.3. The van der Waals surface area contributed by atoms with Crippen LogP contribution in [0, 0.1) is 0 Å². The van der Waals surface area contributed by atoms with Crippen molar-refractivity contribution in [1.29, 1.82) is 0 Å². The van der Waals surface area contributed by atoms with E-state index in [4.69, 9.17) is 9.15 Å². The van der Waals surface area contributed by atoms with E-state index >= 15 is 0 Å². The van der Waals surface area contributed by atoms with Gasteiger partial charge in [0.15, 0.2) is 0 Å². The predicted octanol–water partition coefficient (Wildman–Crippen LogP) is 4.47. The molecule has 2 nitrogen and oxygen atoms in total. The Labute approximate surface area is 110 Å². The molecule has 19 heavy (non-hydrogen) atoms. The minimum Gasteiger partial charge on any atom is -0.468 e. The van der Waals surface area contributed by atoms with Crippen LogP contribution < -0.4 is 4.74 Å². The zero-order valence-corrected chi connectivity index (χ0v) is 10.3. The van der Waals surface area contributed by atoms with E-state index in [9.17, 15) is 0 Å². The average Bonchev–Trinajstić information content (AvgIpc) is 3.04. The first-order chi connectivity index (χ1) is 9.34. The topological polar surface area (TPSA) is 22.4 Å². The lowest BCUT2D eigenvalue weighted by Gasteiger charge is -2.09. The van der Waals surface area contributed by atoms with E-state index in [-0.39, 0.29) is 5.92 Å². The van der Waals surface area contributed by atoms with Gasteiger partial charge >= 0.3 is 0 Å². The van der Waals surface area contributed by atoms with Crippen LogP contribution in [0.15, 0.2) is 71.5 Å². The van der Waals surface area contributed by atoms with Crippen LogP contribution in [0.1, 0.15) is 17.2 Å². The zero-order chi connectivity index (χ0) is 12.8. The maximum atomic E-state index is 5.80. The van der Waals surface area contributed by atoms with E-state index in [1.807, 2.05) is 30.3 Å². The Hall–Kier alpha value is -2.48. The maximum Gasteiger partial charge on any atom is 0.131 e. The van der Waals surface area contributed by atoms with Crippen LogP contribution >= 0.6 is 0 Å². The number of allylic oxidation sites excluding steroid dienone is 1. The Morgan fingerprint density at radius 3 is 2.68 bits per heavy atom. The number of furan rings is 1. The first-order valence-electron chi connectivity index (χ1n) is 6.26. The molecule has 3 aromatic rings. The van der Waals surface area contributed by atoms with Gasteiger partial charge in [-0.05, 0) is 29.0 Å². The van der Waals surface area contributed by atoms with Crippen molar-refractivity contribution >= 4 is 10.8 Å². The van der Waals surface area contributed by atoms with Crippen LogP contribution in [-0.2, 0) is 0 Å². The van der Waals surface area contributed by atoms with Crippen molar-refractivity contribution < 1.29 is 9.15 Å². The second-order valence-corrected chi connectivity index (χ2v) is 4.72. The Bertz CT molecular complexity index is 769. The number of benzene rings is 2. The van der Waals surface area contributed by atoms with Crippen molar-refractivity contribution in [2.45, 2.75) is 5.92 Å². The number of ether oxygens (including phenoxy) is 1. The number of hydrogen-bond acceptors (Lipinski definition) is 2. The van der Waals surface area contributed by atoms with Gasteiger partial charge in [-0.3, -0.25) is 0 Å². The number of fused-ring (bicyclic) bond motifs is 3. The standard InChI is InChI=1S/C17H12O2/c1-11-16(14-7-4-10-18-14)17-13-6-3-2-5-12(13)8-9-15(17)19-11/h2-10,16H,1H2. The normalized spacial score (nSPS) is 17.5. The molecule has 1 aliphatic rings. The van der Waals surface area contributed by atoms with Crippen LogP contribution in [0.4, 0.5) is 0 Å². The fourth-order valence-electron chi connectivity index (χ4n) is 2.78. The molecular weight excluding hydrogens is 236 g/mol. The van der Waals surface area contributed by atoms with Gasteiger partial charge in [0.25, 0.3) is 0 Å². The minimum absolute atomic E-state index is 0.0175. The molecule has 0 aliphatic carbocycles. The molecule has 4 rings (SSSR count). The fourth-order valence-corrected chi connectivity index (χ4v) is 2.78. The quantitative estimate of drug-likeness (QED) is 0.634. The summed E-state index contributed by atoms with van der Waals surface area (Å²) in [5, 5.41) is 2.40. The van der Waals surface area contributed by atoms with Crippen LogP contribution in [0.5, 0.6) is 5.75 Å². The lowest BCUT2D eigenvalue weighted by Crippen LogP contribution is -1.98. The third-order valence-electron chi connectivity index (χ3n) is 3.61. The highest BCUT2D eigenvalue weighted by atomic mass is 16.5. The summed E-state index contributed by atoms with van der Waals surface area (Å²) in [5.74, 6) is 2.46. The summed E-state index contributed by atoms with van der Waals surface area (Å²) in [5.41, 5.74) is 1.15. The van der Waals surface area contributed by atoms with Crippen molar-refractivity contribution in [1.82, 2.24) is 0 Å². The third-order valence-corrected chi connectivity index (χ3v) is 3.61. The Morgan fingerprint density at radius 2 is 1.84 bits per heavy atom. The van der Waals surface area contributed by atoms with Gasteiger partial charge in [-0.1, -0.05) is 36.9 Å². The molecule has 0 N–H and O–H groups in total. The lowest BCUT2D eigenvalue weighted by atomic mass is 9.92. The summed E-state index contributed by atoms with van der Waals surface area (Å²) in [6.07, 6.45) is 1.69. The van der Waals surface area contributed by atoms with E-state index in [0.29, 0.717) is 0 Å². The van der Waals surface area contributed by atoms with Crippen molar-refractivity contribution in [3.63, 3.8) is 0 Å². The Morgan fingerprint density at radius 1 is 0.947 bits per heavy atom. The molecule has 2 aromatic carbocycles. The second-order valence-electron chi connectivity index (χ2n) is 4.72. The molecule has 92 valence electrons. The molecule has 1 unspecified atom stereocenters. The molecule has 0 spiro atoms. The molecule has 0 saturated carbocycles. The molecule has 0 bridgehead atoms. The van der Waals surface area contributed by atoms with Crippen molar-refractivity contribution in [2.24, 2.45) is 0 Å². The summed E-state index contributed by atoms with van der Waals surface area (Å²) in [6, 6.07) is 16.3. The molecule has 0 amide bonds. The molecule has 1 atom stereocenters. The molecule has 2 heterocycles. The van der Waals surface area contributed by atoms with Gasteiger partial charge < -0.3 is 9.15 Å². The third kappa shape index (κ3) is 1.43. The minimum atomic E-state index is -0.0175. The fraction of sp³-hybridized carbons (Fsp3) is 0.0588. The van der Waals surface area contributed by atoms with Crippen LogP contribution in [-0.4, -0.2) is 0 Å². The number of rotatable bonds is 1. The molecule has 1 aromatic heterocycles. The lowest BCUT2D eigenvalue weighted by molar-refractivity contribution is 0.418. The first-order valence-corrected chi connectivity index (χ1v) is 6.26. The first kappa shape index (κ1) is 10.4. The summed E-state index contributed by atoms with van der Waals surface area (Å²) in [6.45, 7) is 4.03. The van der Waals surface area contributed by atoms with E-state index in [1.165, 1.54) is 10.8 Å². The van der Waals surface area contributed by atoms with Crippen molar-refractivity contribution in [3.05, 3.63) is 78.5 Å². The molecule has 0 radical (unpaired) electrons. The monoisotopic (exact) mass is 248 g/mol. The van der Waals surface area contributed by atoms with E-state index in [2.05, 4.69) is 24.8 Å². The Balaban J connectivity index is 2.04. The largest absolute Gasteiger partial charge is 0.468 e. The highest BCUT2D eigenvalue weighted by Gasteiger charge is 2.33. The van der Waals surface area contributed by atoms with Crippen LogP contribution in [0.2, 0.25) is 0 Å². The predicted molar refractivity (Wildman–Crippen MR) is 74.3 cm³/mol. The van der Waals surface area contributed by atoms with Gasteiger partial charge in [0.05, 0.1) is 6.26 Å². The molecule has 1 aliphatic heterocycles. The molecule has 0 fully saturated rings. The van der Waals surface area contributed by atoms with Crippen molar-refractivity contribution in [2.75, 3.05) is 0 Å². The van der Waals surface area contributed by atoms with Gasteiger partial charge in [-0.25, -0.2) is 0 Å². The highest BCUT2D eigenvalue weighted by Crippen LogP contribution is 2.47. The maximum absolute atomic E-state index is 5.80. The van der Waals surface area contributed by atoms with Crippen molar-refractivity contribution in [3.8, 4) is 5.75 Å². The summed E-state index contributed by atoms with van der Waals surface area (Å²) >= 11 is 0. The second kappa shape index (κ2) is 3.75. The van der Waals surface area contributed by atoms with Gasteiger partial charge in [0.2, 0.25) is 0 Å². The van der Waals surface area contributed by atoms with Crippen LogP contribution in [0.25, 0.3) is 10.8 Å².